The molecule has 0 radical (unpaired) electrons. The molecule has 0 spiro atoms. The van der Waals surface area contributed by atoms with Gasteiger partial charge in [0.05, 0.1) is 0 Å². The van der Waals surface area contributed by atoms with Crippen LogP contribution in [-0.4, -0.2) is 5.71 Å². The average molecular weight is 199 g/mol. The van der Waals surface area contributed by atoms with E-state index >= 15 is 0 Å². The van der Waals surface area contributed by atoms with Gasteiger partial charge in [0.25, 0.3) is 0 Å². The smallest absolute Gasteiger partial charge is 0.0447 e. The van der Waals surface area contributed by atoms with E-state index in [2.05, 4.69) is 37.2 Å². The lowest BCUT2D eigenvalue weighted by Gasteiger charge is -2.10. The second-order valence-corrected chi connectivity index (χ2v) is 3.66. The Bertz CT molecular complexity index is 425. The van der Waals surface area contributed by atoms with Crippen LogP contribution in [0, 0.1) is 6.92 Å². The van der Waals surface area contributed by atoms with Gasteiger partial charge in [-0.1, -0.05) is 36.9 Å². The Morgan fingerprint density at radius 1 is 1.27 bits per heavy atom. The van der Waals surface area contributed by atoms with E-state index in [0.29, 0.717) is 0 Å². The zero-order valence-electron chi connectivity index (χ0n) is 9.67. The predicted octanol–water partition coefficient (Wildman–Crippen LogP) is 3.98. The van der Waals surface area contributed by atoms with Crippen molar-refractivity contribution in [1.29, 1.82) is 0 Å². The SMILES string of the molecule is C=CN=C(C)c1cccc(C(=C)C)c1C. The van der Waals surface area contributed by atoms with E-state index in [1.165, 1.54) is 11.1 Å². The summed E-state index contributed by atoms with van der Waals surface area (Å²) in [6, 6.07) is 6.20. The van der Waals surface area contributed by atoms with E-state index in [9.17, 15) is 0 Å². The Kier molecular flexibility index (Phi) is 3.62. The summed E-state index contributed by atoms with van der Waals surface area (Å²) in [5.74, 6) is 0. The first-order valence-electron chi connectivity index (χ1n) is 4.99. The molecule has 0 atom stereocenters. The molecule has 0 aliphatic rings. The van der Waals surface area contributed by atoms with Crippen molar-refractivity contribution in [3.05, 3.63) is 54.2 Å². The van der Waals surface area contributed by atoms with Gasteiger partial charge in [0.15, 0.2) is 0 Å². The first kappa shape index (κ1) is 11.4. The molecule has 0 aliphatic heterocycles. The summed E-state index contributed by atoms with van der Waals surface area (Å²) in [4.78, 5) is 4.21. The molecule has 0 heterocycles. The maximum atomic E-state index is 4.21. The van der Waals surface area contributed by atoms with Gasteiger partial charge in [0.1, 0.15) is 0 Å². The molecule has 0 bridgehead atoms. The fourth-order valence-corrected chi connectivity index (χ4v) is 1.70. The van der Waals surface area contributed by atoms with Gasteiger partial charge in [0, 0.05) is 11.9 Å². The standard InChI is InChI=1S/C14H17N/c1-6-15-12(5)14-9-7-8-13(10(2)3)11(14)4/h6-9H,1-2H2,3-5H3. The number of rotatable bonds is 3. The third kappa shape index (κ3) is 2.44. The maximum absolute atomic E-state index is 4.21. The van der Waals surface area contributed by atoms with Crippen LogP contribution in [-0.2, 0) is 0 Å². The summed E-state index contributed by atoms with van der Waals surface area (Å²) in [6.45, 7) is 13.7. The Morgan fingerprint density at radius 3 is 2.40 bits per heavy atom. The van der Waals surface area contributed by atoms with Crippen LogP contribution in [0.2, 0.25) is 0 Å². The summed E-state index contributed by atoms with van der Waals surface area (Å²) in [5, 5.41) is 0. The first-order valence-corrected chi connectivity index (χ1v) is 4.99. The average Bonchev–Trinajstić information content (AvgIpc) is 2.17. The predicted molar refractivity (Wildman–Crippen MR) is 68.3 cm³/mol. The van der Waals surface area contributed by atoms with E-state index < -0.39 is 0 Å². The minimum atomic E-state index is 0.991. The summed E-state index contributed by atoms with van der Waals surface area (Å²) in [6.07, 6.45) is 1.57. The first-order chi connectivity index (χ1) is 7.07. The molecule has 0 N–H and O–H groups in total. The van der Waals surface area contributed by atoms with Gasteiger partial charge in [-0.25, -0.2) is 0 Å². The van der Waals surface area contributed by atoms with Gasteiger partial charge in [0.2, 0.25) is 0 Å². The summed E-state index contributed by atoms with van der Waals surface area (Å²) in [7, 11) is 0. The van der Waals surface area contributed by atoms with Crippen LogP contribution in [0.15, 0.2) is 42.5 Å². The molecule has 1 aromatic carbocycles. The van der Waals surface area contributed by atoms with Crippen LogP contribution in [0.5, 0.6) is 0 Å². The van der Waals surface area contributed by atoms with Crippen molar-refractivity contribution in [2.24, 2.45) is 4.99 Å². The molecule has 15 heavy (non-hydrogen) atoms. The number of benzene rings is 1. The highest BCUT2D eigenvalue weighted by Gasteiger charge is 2.05. The van der Waals surface area contributed by atoms with E-state index in [1.54, 1.807) is 6.20 Å². The molecule has 0 aliphatic carbocycles. The Balaban J connectivity index is 3.33. The van der Waals surface area contributed by atoms with Gasteiger partial charge >= 0.3 is 0 Å². The summed E-state index contributed by atoms with van der Waals surface area (Å²) in [5.41, 5.74) is 5.67. The molecule has 0 saturated heterocycles. The second kappa shape index (κ2) is 4.74. The normalized spacial score (nSPS) is 11.3. The topological polar surface area (TPSA) is 12.4 Å². The van der Waals surface area contributed by atoms with Crippen LogP contribution >= 0.6 is 0 Å². The molecule has 1 aromatic rings. The zero-order valence-corrected chi connectivity index (χ0v) is 9.67. The summed E-state index contributed by atoms with van der Waals surface area (Å²) >= 11 is 0. The maximum Gasteiger partial charge on any atom is 0.0447 e. The van der Waals surface area contributed by atoms with E-state index in [4.69, 9.17) is 0 Å². The van der Waals surface area contributed by atoms with Gasteiger partial charge in [-0.3, -0.25) is 4.99 Å². The highest BCUT2D eigenvalue weighted by molar-refractivity contribution is 6.01. The molecule has 1 nitrogen and oxygen atoms in total. The minimum Gasteiger partial charge on any atom is -0.262 e. The van der Waals surface area contributed by atoms with E-state index in [0.717, 1.165) is 16.8 Å². The van der Waals surface area contributed by atoms with Crippen molar-refractivity contribution in [3.63, 3.8) is 0 Å². The Hall–Kier alpha value is -1.63. The highest BCUT2D eigenvalue weighted by atomic mass is 14.7. The van der Waals surface area contributed by atoms with E-state index in [1.807, 2.05) is 19.9 Å². The number of hydrogen-bond donors (Lipinski definition) is 0. The van der Waals surface area contributed by atoms with Gasteiger partial charge in [-0.2, -0.15) is 0 Å². The van der Waals surface area contributed by atoms with E-state index in [-0.39, 0.29) is 0 Å². The lowest BCUT2D eigenvalue weighted by molar-refractivity contribution is 1.37. The lowest BCUT2D eigenvalue weighted by atomic mass is 9.96. The molecule has 0 fully saturated rings. The lowest BCUT2D eigenvalue weighted by Crippen LogP contribution is -1.99. The Labute approximate surface area is 91.9 Å². The number of nitrogens with zero attached hydrogens (tertiary/aromatic N) is 1. The fourth-order valence-electron chi connectivity index (χ4n) is 1.70. The van der Waals surface area contributed by atoms with Crippen LogP contribution < -0.4 is 0 Å². The van der Waals surface area contributed by atoms with Gasteiger partial charge < -0.3 is 0 Å². The number of hydrogen-bond acceptors (Lipinski definition) is 1. The third-order valence-electron chi connectivity index (χ3n) is 2.47. The number of allylic oxidation sites excluding steroid dienone is 1. The van der Waals surface area contributed by atoms with Crippen LogP contribution in [0.4, 0.5) is 0 Å². The quantitative estimate of drug-likeness (QED) is 0.653. The van der Waals surface area contributed by atoms with Crippen molar-refractivity contribution < 1.29 is 0 Å². The monoisotopic (exact) mass is 199 g/mol. The molecule has 0 amide bonds. The molecular formula is C14H17N. The molecule has 78 valence electrons. The molecule has 0 aromatic heterocycles. The highest BCUT2D eigenvalue weighted by Crippen LogP contribution is 2.20. The van der Waals surface area contributed by atoms with Crippen molar-refractivity contribution in [2.75, 3.05) is 0 Å². The molecule has 1 heteroatoms. The van der Waals surface area contributed by atoms with Gasteiger partial charge in [-0.15, -0.1) is 0 Å². The molecule has 0 unspecified atom stereocenters. The fraction of sp³-hybridized carbons (Fsp3) is 0.214. The van der Waals surface area contributed by atoms with Crippen molar-refractivity contribution >= 4 is 11.3 Å². The van der Waals surface area contributed by atoms with Crippen molar-refractivity contribution in [3.8, 4) is 0 Å². The third-order valence-corrected chi connectivity index (χ3v) is 2.47. The largest absolute Gasteiger partial charge is 0.262 e. The van der Waals surface area contributed by atoms with Crippen molar-refractivity contribution in [1.82, 2.24) is 0 Å². The molecule has 1 rings (SSSR count). The van der Waals surface area contributed by atoms with Crippen LogP contribution in [0.1, 0.15) is 30.5 Å². The van der Waals surface area contributed by atoms with Crippen LogP contribution in [0.3, 0.4) is 0 Å². The molecular weight excluding hydrogens is 182 g/mol. The second-order valence-electron chi connectivity index (χ2n) is 3.66. The Morgan fingerprint density at radius 2 is 1.87 bits per heavy atom. The van der Waals surface area contributed by atoms with Crippen LogP contribution in [0.25, 0.3) is 5.57 Å². The summed E-state index contributed by atoms with van der Waals surface area (Å²) < 4.78 is 0. The molecule has 0 saturated carbocycles. The minimum absolute atomic E-state index is 0.991. The number of aliphatic imine (C=N–C) groups is 1. The zero-order chi connectivity index (χ0) is 11.4. The van der Waals surface area contributed by atoms with Gasteiger partial charge in [-0.05, 0) is 37.5 Å². The van der Waals surface area contributed by atoms with Crippen molar-refractivity contribution in [2.45, 2.75) is 20.8 Å².